The number of nitrogens with zero attached hydrogens (tertiary/aromatic N) is 1. The Hall–Kier alpha value is -1.64. The smallest absolute Gasteiger partial charge is 0.324 e. The van der Waals surface area contributed by atoms with Crippen LogP contribution in [-0.4, -0.2) is 34.8 Å². The Balaban J connectivity index is 2.03. The van der Waals surface area contributed by atoms with Crippen LogP contribution in [0.2, 0.25) is 0 Å². The molecule has 1 atom stereocenters. The average Bonchev–Trinajstić information content (AvgIpc) is 2.72. The minimum atomic E-state index is -0.930. The Morgan fingerprint density at radius 3 is 2.64 bits per heavy atom. The maximum Gasteiger partial charge on any atom is 0.325 e. The molecule has 7 heteroatoms. The third-order valence-corrected chi connectivity index (χ3v) is 5.00. The summed E-state index contributed by atoms with van der Waals surface area (Å²) < 4.78 is 1.07. The van der Waals surface area contributed by atoms with Gasteiger partial charge >= 0.3 is 6.03 Å². The third-order valence-electron chi connectivity index (χ3n) is 4.33. The largest absolute Gasteiger partial charge is 0.325 e. The van der Waals surface area contributed by atoms with E-state index in [4.69, 9.17) is 0 Å². The van der Waals surface area contributed by atoms with Crippen LogP contribution in [0.25, 0.3) is 0 Å². The Morgan fingerprint density at radius 2 is 2.04 bits per heavy atom. The molecule has 0 aliphatic carbocycles. The summed E-state index contributed by atoms with van der Waals surface area (Å²) in [5.74, 6) is -0.295. The number of urea groups is 1. The van der Waals surface area contributed by atoms with Gasteiger partial charge < -0.3 is 10.6 Å². The molecular formula is C18H24IN3O3. The van der Waals surface area contributed by atoms with Crippen molar-refractivity contribution in [2.24, 2.45) is 5.92 Å². The summed E-state index contributed by atoms with van der Waals surface area (Å²) in [4.78, 5) is 38.1. The highest BCUT2D eigenvalue weighted by molar-refractivity contribution is 14.1. The van der Waals surface area contributed by atoms with Gasteiger partial charge in [0.15, 0.2) is 0 Å². The molecule has 1 saturated heterocycles. The van der Waals surface area contributed by atoms with Crippen LogP contribution >= 0.6 is 22.6 Å². The first-order valence-electron chi connectivity index (χ1n) is 8.32. The molecule has 25 heavy (non-hydrogen) atoms. The molecule has 0 radical (unpaired) electrons. The van der Waals surface area contributed by atoms with Crippen molar-refractivity contribution < 1.29 is 14.4 Å². The molecule has 0 aromatic heterocycles. The number of nitrogens with one attached hydrogen (secondary N) is 2. The summed E-state index contributed by atoms with van der Waals surface area (Å²) in [6.07, 6.45) is 1.38. The molecule has 2 rings (SSSR count). The van der Waals surface area contributed by atoms with Crippen molar-refractivity contribution in [3.05, 3.63) is 27.3 Å². The highest BCUT2D eigenvalue weighted by Crippen LogP contribution is 2.25. The molecule has 1 aromatic rings. The van der Waals surface area contributed by atoms with Crippen molar-refractivity contribution in [2.45, 2.75) is 46.1 Å². The van der Waals surface area contributed by atoms with Crippen LogP contribution in [0, 0.1) is 16.4 Å². The third kappa shape index (κ3) is 4.71. The molecule has 1 fully saturated rings. The first-order chi connectivity index (χ1) is 11.6. The van der Waals surface area contributed by atoms with Crippen molar-refractivity contribution in [3.63, 3.8) is 0 Å². The number of carbonyl (C=O) groups excluding carboxylic acids is 3. The maximum atomic E-state index is 12.6. The normalized spacial score (nSPS) is 20.2. The van der Waals surface area contributed by atoms with Gasteiger partial charge in [-0.1, -0.05) is 13.8 Å². The highest BCUT2D eigenvalue weighted by atomic mass is 127. The topological polar surface area (TPSA) is 78.5 Å². The van der Waals surface area contributed by atoms with E-state index in [0.717, 1.165) is 20.5 Å². The van der Waals surface area contributed by atoms with E-state index in [9.17, 15) is 14.4 Å². The Kier molecular flexibility index (Phi) is 6.08. The van der Waals surface area contributed by atoms with Crippen molar-refractivity contribution in [3.8, 4) is 0 Å². The van der Waals surface area contributed by atoms with Crippen LogP contribution in [0.1, 0.15) is 39.2 Å². The van der Waals surface area contributed by atoms with Gasteiger partial charge in [-0.25, -0.2) is 4.79 Å². The number of amides is 4. The van der Waals surface area contributed by atoms with Gasteiger partial charge in [0.25, 0.3) is 5.91 Å². The minimum Gasteiger partial charge on any atom is -0.324 e. The second-order valence-corrected chi connectivity index (χ2v) is 8.34. The van der Waals surface area contributed by atoms with Crippen LogP contribution in [0.5, 0.6) is 0 Å². The second-order valence-electron chi connectivity index (χ2n) is 7.09. The van der Waals surface area contributed by atoms with Crippen LogP contribution in [0.15, 0.2) is 18.2 Å². The lowest BCUT2D eigenvalue weighted by molar-refractivity contribution is -0.133. The van der Waals surface area contributed by atoms with Gasteiger partial charge in [-0.15, -0.1) is 0 Å². The summed E-state index contributed by atoms with van der Waals surface area (Å²) in [5, 5.41) is 5.50. The van der Waals surface area contributed by atoms with Crippen molar-refractivity contribution in [1.29, 1.82) is 0 Å². The van der Waals surface area contributed by atoms with E-state index in [2.05, 4.69) is 47.1 Å². The van der Waals surface area contributed by atoms with E-state index in [1.165, 1.54) is 0 Å². The number of halogens is 1. The summed E-state index contributed by atoms with van der Waals surface area (Å²) in [5.41, 5.74) is 0.680. The van der Waals surface area contributed by atoms with E-state index in [0.29, 0.717) is 18.0 Å². The predicted molar refractivity (Wildman–Crippen MR) is 105 cm³/mol. The van der Waals surface area contributed by atoms with E-state index in [1.807, 2.05) is 25.1 Å². The molecule has 0 spiro atoms. The van der Waals surface area contributed by atoms with Crippen LogP contribution < -0.4 is 10.6 Å². The Labute approximate surface area is 161 Å². The van der Waals surface area contributed by atoms with Gasteiger partial charge in [0.2, 0.25) is 5.91 Å². The SMILES string of the molecule is Cc1cc(I)ccc1NC(=O)CN1C(=O)NC(C)(CCC(C)C)C1=O. The lowest BCUT2D eigenvalue weighted by atomic mass is 9.92. The number of rotatable bonds is 6. The molecule has 0 saturated carbocycles. The molecule has 1 aliphatic rings. The Bertz CT molecular complexity index is 705. The zero-order valence-corrected chi connectivity index (χ0v) is 17.1. The first-order valence-corrected chi connectivity index (χ1v) is 9.40. The molecule has 1 unspecified atom stereocenters. The van der Waals surface area contributed by atoms with Gasteiger partial charge in [-0.3, -0.25) is 14.5 Å². The quantitative estimate of drug-likeness (QED) is 0.509. The summed E-state index contributed by atoms with van der Waals surface area (Å²) in [7, 11) is 0. The van der Waals surface area contributed by atoms with Crippen LogP contribution in [0.3, 0.4) is 0 Å². The summed E-state index contributed by atoms with van der Waals surface area (Å²) >= 11 is 2.20. The lowest BCUT2D eigenvalue weighted by Crippen LogP contribution is -2.44. The van der Waals surface area contributed by atoms with E-state index in [-0.39, 0.29) is 18.4 Å². The number of imide groups is 1. The predicted octanol–water partition coefficient (Wildman–Crippen LogP) is 3.28. The van der Waals surface area contributed by atoms with Crippen molar-refractivity contribution in [1.82, 2.24) is 10.2 Å². The van der Waals surface area contributed by atoms with E-state index < -0.39 is 11.6 Å². The summed E-state index contributed by atoms with van der Waals surface area (Å²) in [6, 6.07) is 5.14. The maximum absolute atomic E-state index is 12.6. The number of carbonyl (C=O) groups is 3. The minimum absolute atomic E-state index is 0.284. The molecule has 1 heterocycles. The summed E-state index contributed by atoms with van der Waals surface area (Å²) in [6.45, 7) is 7.47. The molecule has 2 N–H and O–H groups in total. The lowest BCUT2D eigenvalue weighted by Gasteiger charge is -2.22. The van der Waals surface area contributed by atoms with Gasteiger partial charge in [-0.05, 0) is 79.0 Å². The molecule has 6 nitrogen and oxygen atoms in total. The zero-order chi connectivity index (χ0) is 18.8. The number of benzene rings is 1. The zero-order valence-electron chi connectivity index (χ0n) is 15.0. The number of hydrogen-bond donors (Lipinski definition) is 2. The number of hydrogen-bond acceptors (Lipinski definition) is 3. The number of anilines is 1. The van der Waals surface area contributed by atoms with Crippen LogP contribution in [-0.2, 0) is 9.59 Å². The van der Waals surface area contributed by atoms with Gasteiger partial charge in [0.05, 0.1) is 0 Å². The molecule has 0 bridgehead atoms. The second kappa shape index (κ2) is 7.72. The van der Waals surface area contributed by atoms with Gasteiger partial charge in [-0.2, -0.15) is 0 Å². The molecule has 1 aliphatic heterocycles. The molecular weight excluding hydrogens is 433 g/mol. The molecule has 136 valence electrons. The first kappa shape index (κ1) is 19.7. The average molecular weight is 457 g/mol. The van der Waals surface area contributed by atoms with Crippen LogP contribution in [0.4, 0.5) is 10.5 Å². The van der Waals surface area contributed by atoms with Crippen molar-refractivity contribution >= 4 is 46.1 Å². The van der Waals surface area contributed by atoms with E-state index in [1.54, 1.807) is 6.92 Å². The Morgan fingerprint density at radius 1 is 1.36 bits per heavy atom. The monoisotopic (exact) mass is 457 g/mol. The fourth-order valence-corrected chi connectivity index (χ4v) is 3.39. The molecule has 4 amide bonds. The standard InChI is InChI=1S/C18H24IN3O3/c1-11(2)7-8-18(4)16(24)22(17(25)21-18)10-15(23)20-14-6-5-13(19)9-12(14)3/h5-6,9,11H,7-8,10H2,1-4H3,(H,20,23)(H,21,25). The number of aryl methyl sites for hydroxylation is 1. The van der Waals surface area contributed by atoms with E-state index >= 15 is 0 Å². The van der Waals surface area contributed by atoms with Gasteiger partial charge in [0, 0.05) is 9.26 Å². The fourth-order valence-electron chi connectivity index (χ4n) is 2.74. The fraction of sp³-hybridized carbons (Fsp3) is 0.500. The van der Waals surface area contributed by atoms with Crippen molar-refractivity contribution in [2.75, 3.05) is 11.9 Å². The molecule has 1 aromatic carbocycles. The highest BCUT2D eigenvalue weighted by Gasteiger charge is 2.47. The van der Waals surface area contributed by atoms with Gasteiger partial charge in [0.1, 0.15) is 12.1 Å².